The fourth-order valence-corrected chi connectivity index (χ4v) is 2.02. The lowest BCUT2D eigenvalue weighted by atomic mass is 10.1. The fraction of sp³-hybridized carbons (Fsp3) is 0.600. The zero-order valence-electron chi connectivity index (χ0n) is 12.2. The summed E-state index contributed by atoms with van der Waals surface area (Å²) in [4.78, 5) is 4.77. The first-order chi connectivity index (χ1) is 8.40. The van der Waals surface area contributed by atoms with Crippen LogP contribution in [0.2, 0.25) is 0 Å². The van der Waals surface area contributed by atoms with Crippen LogP contribution in [0.25, 0.3) is 5.52 Å². The predicted molar refractivity (Wildman–Crippen MR) is 75.3 cm³/mol. The molecular formula is C15H23N3. The first kappa shape index (κ1) is 13.1. The minimum Gasteiger partial charge on any atom is -0.237 e. The van der Waals surface area contributed by atoms with Crippen molar-refractivity contribution in [2.45, 2.75) is 59.3 Å². The van der Waals surface area contributed by atoms with Crippen molar-refractivity contribution >= 4 is 5.52 Å². The third-order valence-electron chi connectivity index (χ3n) is 3.21. The summed E-state index contributed by atoms with van der Waals surface area (Å²) in [5, 5.41) is 4.69. The lowest BCUT2D eigenvalue weighted by Crippen LogP contribution is -2.08. The van der Waals surface area contributed by atoms with Crippen molar-refractivity contribution in [3.8, 4) is 0 Å². The summed E-state index contributed by atoms with van der Waals surface area (Å²) in [6.07, 6.45) is 0. The van der Waals surface area contributed by atoms with Crippen LogP contribution >= 0.6 is 0 Å². The molecule has 0 aliphatic carbocycles. The average Bonchev–Trinajstić information content (AvgIpc) is 2.70. The Morgan fingerprint density at radius 2 is 1.39 bits per heavy atom. The average molecular weight is 245 g/mol. The van der Waals surface area contributed by atoms with E-state index in [1.54, 1.807) is 0 Å². The monoisotopic (exact) mass is 245 g/mol. The van der Waals surface area contributed by atoms with Gasteiger partial charge in [-0.2, -0.15) is 5.10 Å². The summed E-state index contributed by atoms with van der Waals surface area (Å²) in [5.74, 6) is 2.34. The van der Waals surface area contributed by atoms with Crippen LogP contribution in [0.15, 0.2) is 12.1 Å². The standard InChI is InChI=1S/C15H23N3/c1-9(2)13-7-12-8-14(10(3)4)17-18(12)15(16-13)11(5)6/h7-11H,1-6H3. The van der Waals surface area contributed by atoms with E-state index in [0.29, 0.717) is 17.8 Å². The summed E-state index contributed by atoms with van der Waals surface area (Å²) in [7, 11) is 0. The van der Waals surface area contributed by atoms with Gasteiger partial charge in [-0.25, -0.2) is 9.50 Å². The highest BCUT2D eigenvalue weighted by Crippen LogP contribution is 2.23. The number of hydrogen-bond donors (Lipinski definition) is 0. The third kappa shape index (κ3) is 2.26. The second-order valence-electron chi connectivity index (χ2n) is 5.91. The quantitative estimate of drug-likeness (QED) is 0.815. The number of nitrogens with zero attached hydrogens (tertiary/aromatic N) is 3. The molecule has 0 aromatic carbocycles. The van der Waals surface area contributed by atoms with Crippen LogP contribution < -0.4 is 0 Å². The highest BCUT2D eigenvalue weighted by Gasteiger charge is 2.14. The Kier molecular flexibility index (Phi) is 3.42. The second-order valence-corrected chi connectivity index (χ2v) is 5.91. The molecule has 2 heterocycles. The molecule has 3 nitrogen and oxygen atoms in total. The third-order valence-corrected chi connectivity index (χ3v) is 3.21. The molecule has 0 N–H and O–H groups in total. The molecule has 98 valence electrons. The Morgan fingerprint density at radius 3 is 1.89 bits per heavy atom. The molecule has 0 bridgehead atoms. The first-order valence-electron chi connectivity index (χ1n) is 6.80. The van der Waals surface area contributed by atoms with Crippen molar-refractivity contribution in [2.75, 3.05) is 0 Å². The minimum atomic E-state index is 0.381. The molecule has 0 amide bonds. The van der Waals surface area contributed by atoms with E-state index in [-0.39, 0.29) is 0 Å². The summed E-state index contributed by atoms with van der Waals surface area (Å²) < 4.78 is 2.01. The van der Waals surface area contributed by atoms with Gasteiger partial charge in [-0.05, 0) is 24.0 Å². The molecule has 0 aliphatic heterocycles. The van der Waals surface area contributed by atoms with Crippen LogP contribution in [-0.2, 0) is 0 Å². The van der Waals surface area contributed by atoms with Crippen LogP contribution in [0, 0.1) is 0 Å². The van der Waals surface area contributed by atoms with Gasteiger partial charge in [0.1, 0.15) is 5.82 Å². The molecule has 2 aromatic rings. The van der Waals surface area contributed by atoms with Crippen molar-refractivity contribution in [3.05, 3.63) is 29.3 Å². The maximum Gasteiger partial charge on any atom is 0.133 e. The van der Waals surface area contributed by atoms with E-state index in [1.807, 2.05) is 4.52 Å². The van der Waals surface area contributed by atoms with Gasteiger partial charge in [-0.1, -0.05) is 41.5 Å². The molecule has 0 spiro atoms. The molecule has 0 atom stereocenters. The van der Waals surface area contributed by atoms with Crippen LogP contribution in [-0.4, -0.2) is 14.6 Å². The van der Waals surface area contributed by atoms with Gasteiger partial charge in [-0.3, -0.25) is 0 Å². The molecule has 0 aliphatic rings. The highest BCUT2D eigenvalue weighted by molar-refractivity contribution is 5.50. The number of hydrogen-bond acceptors (Lipinski definition) is 2. The summed E-state index contributed by atoms with van der Waals surface area (Å²) in [6.45, 7) is 13.1. The maximum absolute atomic E-state index is 4.77. The smallest absolute Gasteiger partial charge is 0.133 e. The van der Waals surface area contributed by atoms with Crippen molar-refractivity contribution in [1.82, 2.24) is 14.6 Å². The van der Waals surface area contributed by atoms with Gasteiger partial charge in [0.2, 0.25) is 0 Å². The number of aromatic nitrogens is 3. The van der Waals surface area contributed by atoms with Crippen molar-refractivity contribution in [2.24, 2.45) is 0 Å². The van der Waals surface area contributed by atoms with Crippen molar-refractivity contribution in [1.29, 1.82) is 0 Å². The lowest BCUT2D eigenvalue weighted by molar-refractivity contribution is 0.672. The number of fused-ring (bicyclic) bond motifs is 1. The fourth-order valence-electron chi connectivity index (χ4n) is 2.02. The largest absolute Gasteiger partial charge is 0.237 e. The molecular weight excluding hydrogens is 222 g/mol. The van der Waals surface area contributed by atoms with Gasteiger partial charge in [0.25, 0.3) is 0 Å². The first-order valence-corrected chi connectivity index (χ1v) is 6.80. The topological polar surface area (TPSA) is 30.2 Å². The van der Waals surface area contributed by atoms with Gasteiger partial charge in [0, 0.05) is 11.6 Å². The van der Waals surface area contributed by atoms with Crippen molar-refractivity contribution in [3.63, 3.8) is 0 Å². The zero-order chi connectivity index (χ0) is 13.4. The molecule has 2 aromatic heterocycles. The lowest BCUT2D eigenvalue weighted by Gasteiger charge is -2.12. The molecule has 0 unspecified atom stereocenters. The SMILES string of the molecule is CC(C)c1cc2cc(C(C)C)nn2c(C(C)C)n1. The molecule has 0 radical (unpaired) electrons. The number of rotatable bonds is 3. The van der Waals surface area contributed by atoms with Crippen LogP contribution in [0.5, 0.6) is 0 Å². The van der Waals surface area contributed by atoms with Gasteiger partial charge < -0.3 is 0 Å². The van der Waals surface area contributed by atoms with Gasteiger partial charge in [-0.15, -0.1) is 0 Å². The van der Waals surface area contributed by atoms with E-state index in [0.717, 1.165) is 17.2 Å². The van der Waals surface area contributed by atoms with E-state index in [9.17, 15) is 0 Å². The normalized spacial score (nSPS) is 12.3. The molecule has 18 heavy (non-hydrogen) atoms. The Balaban J connectivity index is 2.69. The predicted octanol–water partition coefficient (Wildman–Crippen LogP) is 4.10. The second kappa shape index (κ2) is 4.71. The van der Waals surface area contributed by atoms with Crippen LogP contribution in [0.3, 0.4) is 0 Å². The molecule has 0 saturated heterocycles. The molecule has 0 fully saturated rings. The van der Waals surface area contributed by atoms with E-state index in [4.69, 9.17) is 4.98 Å². The maximum atomic E-state index is 4.77. The Bertz CT molecular complexity index is 550. The summed E-state index contributed by atoms with van der Waals surface area (Å²) in [6, 6.07) is 4.35. The van der Waals surface area contributed by atoms with E-state index >= 15 is 0 Å². The van der Waals surface area contributed by atoms with E-state index in [2.05, 4.69) is 58.8 Å². The zero-order valence-corrected chi connectivity index (χ0v) is 12.2. The minimum absolute atomic E-state index is 0.381. The Labute approximate surface area is 109 Å². The Hall–Kier alpha value is -1.38. The highest BCUT2D eigenvalue weighted by atomic mass is 15.3. The molecule has 0 saturated carbocycles. The van der Waals surface area contributed by atoms with Gasteiger partial charge in [0.05, 0.1) is 11.2 Å². The molecule has 3 heteroatoms. The van der Waals surface area contributed by atoms with Crippen molar-refractivity contribution < 1.29 is 0 Å². The van der Waals surface area contributed by atoms with Crippen LogP contribution in [0.4, 0.5) is 0 Å². The Morgan fingerprint density at radius 1 is 0.833 bits per heavy atom. The van der Waals surface area contributed by atoms with Gasteiger partial charge in [0.15, 0.2) is 0 Å². The molecule has 2 rings (SSSR count). The summed E-state index contributed by atoms with van der Waals surface area (Å²) in [5.41, 5.74) is 3.46. The van der Waals surface area contributed by atoms with E-state index in [1.165, 1.54) is 5.52 Å². The summed E-state index contributed by atoms with van der Waals surface area (Å²) >= 11 is 0. The van der Waals surface area contributed by atoms with Crippen LogP contribution in [0.1, 0.15) is 76.5 Å². The van der Waals surface area contributed by atoms with Gasteiger partial charge >= 0.3 is 0 Å². The van der Waals surface area contributed by atoms with E-state index < -0.39 is 0 Å².